The highest BCUT2D eigenvalue weighted by Crippen LogP contribution is 2.34. The van der Waals surface area contributed by atoms with Gasteiger partial charge in [0.05, 0.1) is 0 Å². The van der Waals surface area contributed by atoms with Gasteiger partial charge in [-0.15, -0.1) is 0 Å². The van der Waals surface area contributed by atoms with E-state index in [-0.39, 0.29) is 0 Å². The van der Waals surface area contributed by atoms with Gasteiger partial charge in [0.1, 0.15) is 7.80 Å². The molecule has 89 valence electrons. The summed E-state index contributed by atoms with van der Waals surface area (Å²) in [7, 11) is -1.53. The van der Waals surface area contributed by atoms with Gasteiger partial charge in [0.15, 0.2) is 0 Å². The number of hydrogen-bond acceptors (Lipinski definition) is 3. The van der Waals surface area contributed by atoms with Crippen LogP contribution in [0, 0.1) is 0 Å². The normalized spacial score (nSPS) is 11.8. The first-order valence-electron chi connectivity index (χ1n) is 5.48. The quantitative estimate of drug-likeness (QED) is 0.542. The third-order valence-electron chi connectivity index (χ3n) is 2.03. The van der Waals surface area contributed by atoms with E-state index in [0.29, 0.717) is 19.4 Å². The van der Waals surface area contributed by atoms with Crippen molar-refractivity contribution >= 4 is 7.80 Å². The Hall–Kier alpha value is -0.760. The summed E-state index contributed by atoms with van der Waals surface area (Å²) in [6.45, 7) is 4.77. The Balaban J connectivity index is 2.55. The van der Waals surface area contributed by atoms with Crippen LogP contribution in [-0.2, 0) is 20.2 Å². The molecule has 0 fully saturated rings. The van der Waals surface area contributed by atoms with Crippen molar-refractivity contribution in [2.75, 3.05) is 13.2 Å². The minimum absolute atomic E-state index is 0.501. The molecule has 1 atom stereocenters. The maximum atomic E-state index is 12.0. The van der Waals surface area contributed by atoms with Crippen LogP contribution in [0.2, 0.25) is 0 Å². The Labute approximate surface area is 97.6 Å². The van der Waals surface area contributed by atoms with Crippen LogP contribution in [-0.4, -0.2) is 19.2 Å². The highest BCUT2D eigenvalue weighted by Gasteiger charge is 2.17. The van der Waals surface area contributed by atoms with Gasteiger partial charge in [-0.3, -0.25) is 4.57 Å². The zero-order chi connectivity index (χ0) is 11.8. The SMILES string of the molecule is CCOC(OCC)[P](=O)Cc1ccccc1. The topological polar surface area (TPSA) is 35.5 Å². The van der Waals surface area contributed by atoms with Crippen molar-refractivity contribution in [1.82, 2.24) is 0 Å². The first kappa shape index (κ1) is 13.3. The van der Waals surface area contributed by atoms with Crippen LogP contribution in [0.25, 0.3) is 0 Å². The van der Waals surface area contributed by atoms with Crippen LogP contribution >= 0.6 is 7.80 Å². The minimum Gasteiger partial charge on any atom is -0.344 e. The van der Waals surface area contributed by atoms with E-state index in [9.17, 15) is 4.57 Å². The van der Waals surface area contributed by atoms with Crippen LogP contribution < -0.4 is 0 Å². The molecule has 0 aliphatic carbocycles. The molecule has 0 aliphatic rings. The zero-order valence-corrected chi connectivity index (χ0v) is 10.7. The zero-order valence-electron chi connectivity index (χ0n) is 9.76. The third kappa shape index (κ3) is 4.40. The van der Waals surface area contributed by atoms with Gasteiger partial charge in [0.25, 0.3) is 0 Å². The van der Waals surface area contributed by atoms with E-state index in [1.165, 1.54) is 0 Å². The van der Waals surface area contributed by atoms with Crippen LogP contribution in [0.15, 0.2) is 30.3 Å². The summed E-state index contributed by atoms with van der Waals surface area (Å²) in [5.74, 6) is 0. The number of benzene rings is 1. The predicted molar refractivity (Wildman–Crippen MR) is 64.8 cm³/mol. The highest BCUT2D eigenvalue weighted by atomic mass is 31.1. The monoisotopic (exact) mass is 241 g/mol. The van der Waals surface area contributed by atoms with Gasteiger partial charge >= 0.3 is 0 Å². The summed E-state index contributed by atoms with van der Waals surface area (Å²) in [6.07, 6.45) is 0.501. The molecule has 0 N–H and O–H groups in total. The van der Waals surface area contributed by atoms with Crippen molar-refractivity contribution in [3.8, 4) is 0 Å². The summed E-state index contributed by atoms with van der Waals surface area (Å²) < 4.78 is 22.6. The Morgan fingerprint density at radius 1 is 1.12 bits per heavy atom. The molecule has 0 aromatic heterocycles. The molecule has 0 aliphatic heterocycles. The van der Waals surface area contributed by atoms with E-state index in [1.54, 1.807) is 0 Å². The smallest absolute Gasteiger partial charge is 0.230 e. The van der Waals surface area contributed by atoms with Crippen molar-refractivity contribution in [2.24, 2.45) is 0 Å². The average molecular weight is 241 g/mol. The first-order chi connectivity index (χ1) is 7.77. The molecule has 1 aromatic rings. The molecule has 16 heavy (non-hydrogen) atoms. The third-order valence-corrected chi connectivity index (χ3v) is 3.48. The molecule has 1 aromatic carbocycles. The van der Waals surface area contributed by atoms with Gasteiger partial charge in [-0.25, -0.2) is 0 Å². The van der Waals surface area contributed by atoms with Gasteiger partial charge < -0.3 is 9.47 Å². The van der Waals surface area contributed by atoms with Gasteiger partial charge in [0.2, 0.25) is 6.03 Å². The van der Waals surface area contributed by atoms with Gasteiger partial charge in [0, 0.05) is 19.4 Å². The highest BCUT2D eigenvalue weighted by molar-refractivity contribution is 7.44. The average Bonchev–Trinajstić information content (AvgIpc) is 2.30. The molecular weight excluding hydrogens is 223 g/mol. The molecule has 0 saturated carbocycles. The van der Waals surface area contributed by atoms with Crippen LogP contribution in [0.1, 0.15) is 19.4 Å². The summed E-state index contributed by atoms with van der Waals surface area (Å²) >= 11 is 0. The molecule has 4 heteroatoms. The molecule has 0 spiro atoms. The van der Waals surface area contributed by atoms with E-state index in [1.807, 2.05) is 44.2 Å². The van der Waals surface area contributed by atoms with E-state index in [4.69, 9.17) is 9.47 Å². The van der Waals surface area contributed by atoms with E-state index in [0.717, 1.165) is 5.56 Å². The van der Waals surface area contributed by atoms with Crippen molar-refractivity contribution < 1.29 is 14.0 Å². The second-order valence-corrected chi connectivity index (χ2v) is 4.85. The Kier molecular flexibility index (Phi) is 6.24. The van der Waals surface area contributed by atoms with E-state index in [2.05, 4.69) is 0 Å². The minimum atomic E-state index is -1.53. The standard InChI is InChI=1S/C12H18O3P/c1-3-14-12(15-4-2)16(13)10-11-8-6-5-7-9-11/h5-9,12H,3-4,10H2,1-2H3. The number of rotatable bonds is 7. The lowest BCUT2D eigenvalue weighted by Gasteiger charge is -2.15. The fraction of sp³-hybridized carbons (Fsp3) is 0.500. The maximum absolute atomic E-state index is 12.0. The van der Waals surface area contributed by atoms with Gasteiger partial charge in [-0.05, 0) is 19.4 Å². The molecule has 1 radical (unpaired) electrons. The summed E-state index contributed by atoms with van der Waals surface area (Å²) in [4.78, 5) is 0. The Morgan fingerprint density at radius 2 is 1.69 bits per heavy atom. The van der Waals surface area contributed by atoms with Gasteiger partial charge in [-0.2, -0.15) is 0 Å². The predicted octanol–water partition coefficient (Wildman–Crippen LogP) is 3.37. The molecule has 0 saturated heterocycles. The second-order valence-electron chi connectivity index (χ2n) is 3.28. The molecule has 1 rings (SSSR count). The van der Waals surface area contributed by atoms with E-state index < -0.39 is 13.8 Å². The summed E-state index contributed by atoms with van der Waals surface area (Å²) in [5.41, 5.74) is 1.05. The lowest BCUT2D eigenvalue weighted by atomic mass is 10.2. The molecule has 0 amide bonds. The molecule has 0 bridgehead atoms. The Bertz CT molecular complexity index is 307. The molecule has 1 unspecified atom stereocenters. The van der Waals surface area contributed by atoms with Crippen molar-refractivity contribution in [1.29, 1.82) is 0 Å². The van der Waals surface area contributed by atoms with Crippen molar-refractivity contribution in [2.45, 2.75) is 26.0 Å². The molecule has 0 heterocycles. The Morgan fingerprint density at radius 3 is 2.19 bits per heavy atom. The first-order valence-corrected chi connectivity index (χ1v) is 7.00. The lowest BCUT2D eigenvalue weighted by Crippen LogP contribution is -2.13. The van der Waals surface area contributed by atoms with Crippen LogP contribution in [0.4, 0.5) is 0 Å². The summed E-state index contributed by atoms with van der Waals surface area (Å²) in [6, 6.07) is 9.16. The van der Waals surface area contributed by atoms with E-state index >= 15 is 0 Å². The molecule has 3 nitrogen and oxygen atoms in total. The fourth-order valence-electron chi connectivity index (χ4n) is 1.34. The lowest BCUT2D eigenvalue weighted by molar-refractivity contribution is -0.0798. The van der Waals surface area contributed by atoms with Crippen LogP contribution in [0.5, 0.6) is 0 Å². The molecular formula is C12H18O3P. The number of ether oxygens (including phenoxy) is 2. The maximum Gasteiger partial charge on any atom is 0.230 e. The second kappa shape index (κ2) is 7.50. The van der Waals surface area contributed by atoms with Crippen molar-refractivity contribution in [3.05, 3.63) is 35.9 Å². The van der Waals surface area contributed by atoms with Crippen molar-refractivity contribution in [3.63, 3.8) is 0 Å². The number of hydrogen-bond donors (Lipinski definition) is 0. The largest absolute Gasteiger partial charge is 0.344 e. The fourth-order valence-corrected chi connectivity index (χ4v) is 2.69. The van der Waals surface area contributed by atoms with Crippen LogP contribution in [0.3, 0.4) is 0 Å². The summed E-state index contributed by atoms with van der Waals surface area (Å²) in [5, 5.41) is 0. The van der Waals surface area contributed by atoms with Gasteiger partial charge in [-0.1, -0.05) is 30.3 Å².